The van der Waals surface area contributed by atoms with Gasteiger partial charge < -0.3 is 14.8 Å². The summed E-state index contributed by atoms with van der Waals surface area (Å²) in [5.74, 6) is -0.355. The lowest BCUT2D eigenvalue weighted by Crippen LogP contribution is -2.43. The molecule has 8 nitrogen and oxygen atoms in total. The van der Waals surface area contributed by atoms with E-state index >= 15 is 0 Å². The Morgan fingerprint density at radius 2 is 2.00 bits per heavy atom. The van der Waals surface area contributed by atoms with Crippen LogP contribution in [-0.2, 0) is 9.47 Å². The summed E-state index contributed by atoms with van der Waals surface area (Å²) in [6.07, 6.45) is 0.700. The first-order valence-corrected chi connectivity index (χ1v) is 8.91. The second kappa shape index (κ2) is 8.22. The van der Waals surface area contributed by atoms with Crippen LogP contribution in [0.15, 0.2) is 29.4 Å². The molecule has 0 saturated heterocycles. The maximum Gasteiger partial charge on any atom is 0.411 e. The lowest BCUT2D eigenvalue weighted by molar-refractivity contribution is 0.0539. The number of rotatable bonds is 4. The molecule has 0 saturated carbocycles. The van der Waals surface area contributed by atoms with E-state index in [-0.39, 0.29) is 17.3 Å². The minimum absolute atomic E-state index is 0.158. The summed E-state index contributed by atoms with van der Waals surface area (Å²) in [6.45, 7) is 5.31. The molecule has 2 N–H and O–H groups in total. The normalized spacial score (nSPS) is 16.5. The highest BCUT2D eigenvalue weighted by Crippen LogP contribution is 2.21. The van der Waals surface area contributed by atoms with Gasteiger partial charge in [0.05, 0.1) is 24.4 Å². The number of thioether (sulfide) groups is 1. The predicted molar refractivity (Wildman–Crippen MR) is 96.7 cm³/mol. The van der Waals surface area contributed by atoms with E-state index in [2.05, 4.69) is 20.4 Å². The van der Waals surface area contributed by atoms with Gasteiger partial charge in [-0.15, -0.1) is 11.8 Å². The molecule has 0 aliphatic carbocycles. The zero-order valence-corrected chi connectivity index (χ0v) is 15.8. The quantitative estimate of drug-likeness (QED) is 0.771. The average molecular weight is 379 g/mol. The summed E-state index contributed by atoms with van der Waals surface area (Å²) < 4.78 is 9.80. The Balaban J connectivity index is 1.96. The van der Waals surface area contributed by atoms with Crippen LogP contribution in [-0.4, -0.2) is 47.5 Å². The number of hydrogen-bond acceptors (Lipinski definition) is 7. The molecule has 1 aliphatic heterocycles. The summed E-state index contributed by atoms with van der Waals surface area (Å²) in [7, 11) is 1.27. The molecule has 0 aromatic carbocycles. The van der Waals surface area contributed by atoms with Crippen molar-refractivity contribution in [1.29, 1.82) is 0 Å². The highest BCUT2D eigenvalue weighted by atomic mass is 32.2. The standard InChI is InChI=1S/C17H21N3O5S/c1-17(2,3)25-16(23)20-13-9-26-8-12(13)19-14(21)11-6-5-10(7-18-11)15(22)24-4/h5-7,9,12H,8H2,1-4H3,(H,19,21)(H,20,23). The van der Waals surface area contributed by atoms with Crippen molar-refractivity contribution in [3.63, 3.8) is 0 Å². The van der Waals surface area contributed by atoms with Crippen molar-refractivity contribution in [2.24, 2.45) is 0 Å². The maximum absolute atomic E-state index is 12.3. The number of carbonyl (C=O) groups excluding carboxylic acids is 3. The van der Waals surface area contributed by atoms with Gasteiger partial charge in [0, 0.05) is 11.9 Å². The smallest absolute Gasteiger partial charge is 0.411 e. The predicted octanol–water partition coefficient (Wildman–Crippen LogP) is 2.08. The second-order valence-corrected chi connectivity index (χ2v) is 7.39. The SMILES string of the molecule is COC(=O)c1ccc(C(=O)NC2CSC=C2NC(=O)OC(C)(C)C)nc1. The molecule has 1 aromatic rings. The van der Waals surface area contributed by atoms with Gasteiger partial charge in [0.2, 0.25) is 0 Å². The highest BCUT2D eigenvalue weighted by molar-refractivity contribution is 8.02. The first-order chi connectivity index (χ1) is 12.2. The minimum atomic E-state index is -0.611. The Morgan fingerprint density at radius 1 is 1.27 bits per heavy atom. The maximum atomic E-state index is 12.3. The van der Waals surface area contributed by atoms with Crippen LogP contribution >= 0.6 is 11.8 Å². The lowest BCUT2D eigenvalue weighted by atomic mass is 10.2. The monoisotopic (exact) mass is 379 g/mol. The van der Waals surface area contributed by atoms with E-state index < -0.39 is 23.6 Å². The third kappa shape index (κ3) is 5.48. The topological polar surface area (TPSA) is 107 Å². The summed E-state index contributed by atoms with van der Waals surface area (Å²) in [4.78, 5) is 39.6. The molecule has 9 heteroatoms. The number of ether oxygens (including phenoxy) is 2. The summed E-state index contributed by atoms with van der Waals surface area (Å²) >= 11 is 1.47. The van der Waals surface area contributed by atoms with Crippen LogP contribution in [0.5, 0.6) is 0 Å². The van der Waals surface area contributed by atoms with Crippen LogP contribution in [0, 0.1) is 0 Å². The van der Waals surface area contributed by atoms with Gasteiger partial charge in [0.1, 0.15) is 11.3 Å². The van der Waals surface area contributed by atoms with Gasteiger partial charge >= 0.3 is 12.1 Å². The van der Waals surface area contributed by atoms with Crippen molar-refractivity contribution in [2.45, 2.75) is 32.4 Å². The Bertz CT molecular complexity index is 725. The molecule has 140 valence electrons. The first kappa shape index (κ1) is 19.8. The van der Waals surface area contributed by atoms with E-state index in [1.54, 1.807) is 26.2 Å². The number of nitrogens with zero attached hydrogens (tertiary/aromatic N) is 1. The van der Waals surface area contributed by atoms with Gasteiger partial charge in [-0.25, -0.2) is 9.59 Å². The second-order valence-electron chi connectivity index (χ2n) is 6.48. The largest absolute Gasteiger partial charge is 0.465 e. The number of nitrogens with one attached hydrogen (secondary N) is 2. The number of methoxy groups -OCH3 is 1. The fraction of sp³-hybridized carbons (Fsp3) is 0.412. The Hall–Kier alpha value is -2.55. The van der Waals surface area contributed by atoms with Gasteiger partial charge in [-0.1, -0.05) is 0 Å². The summed E-state index contributed by atoms with van der Waals surface area (Å²) in [6, 6.07) is 2.53. The Kier molecular flexibility index (Phi) is 6.25. The number of pyridine rings is 1. The number of esters is 1. The molecular formula is C17H21N3O5S. The van der Waals surface area contributed by atoms with Crippen LogP contribution in [0.2, 0.25) is 0 Å². The first-order valence-electron chi connectivity index (χ1n) is 7.86. The summed E-state index contributed by atoms with van der Waals surface area (Å²) in [5.41, 5.74) is 0.364. The van der Waals surface area contributed by atoms with Crippen LogP contribution in [0.25, 0.3) is 0 Å². The van der Waals surface area contributed by atoms with Gasteiger partial charge in [0.15, 0.2) is 0 Å². The average Bonchev–Trinajstić information content (AvgIpc) is 2.99. The van der Waals surface area contributed by atoms with Crippen molar-refractivity contribution < 1.29 is 23.9 Å². The van der Waals surface area contributed by atoms with E-state index in [0.29, 0.717) is 11.4 Å². The van der Waals surface area contributed by atoms with E-state index in [0.717, 1.165) is 0 Å². The number of alkyl carbamates (subject to hydrolysis) is 1. The molecule has 1 unspecified atom stereocenters. The van der Waals surface area contributed by atoms with E-state index in [4.69, 9.17) is 4.74 Å². The molecular weight excluding hydrogens is 358 g/mol. The van der Waals surface area contributed by atoms with E-state index in [1.165, 1.54) is 37.2 Å². The number of hydrogen-bond donors (Lipinski definition) is 2. The van der Waals surface area contributed by atoms with Gasteiger partial charge in [-0.3, -0.25) is 15.1 Å². The molecule has 1 aromatic heterocycles. The molecule has 1 atom stereocenters. The molecule has 0 fully saturated rings. The molecule has 0 radical (unpaired) electrons. The van der Waals surface area contributed by atoms with Crippen molar-refractivity contribution in [3.05, 3.63) is 40.7 Å². The number of amides is 2. The van der Waals surface area contributed by atoms with Crippen molar-refractivity contribution >= 4 is 29.7 Å². The molecule has 0 bridgehead atoms. The van der Waals surface area contributed by atoms with Crippen molar-refractivity contribution in [3.8, 4) is 0 Å². The van der Waals surface area contributed by atoms with Crippen LogP contribution < -0.4 is 10.6 Å². The molecule has 0 spiro atoms. The van der Waals surface area contributed by atoms with E-state index in [9.17, 15) is 14.4 Å². The zero-order valence-electron chi connectivity index (χ0n) is 15.0. The van der Waals surface area contributed by atoms with Crippen molar-refractivity contribution in [1.82, 2.24) is 15.6 Å². The fourth-order valence-corrected chi connectivity index (χ4v) is 3.02. The van der Waals surface area contributed by atoms with Gasteiger partial charge in [-0.05, 0) is 38.3 Å². The molecule has 2 rings (SSSR count). The molecule has 1 aliphatic rings. The zero-order chi connectivity index (χ0) is 19.3. The minimum Gasteiger partial charge on any atom is -0.465 e. The molecule has 26 heavy (non-hydrogen) atoms. The van der Waals surface area contributed by atoms with Crippen molar-refractivity contribution in [2.75, 3.05) is 12.9 Å². The highest BCUT2D eigenvalue weighted by Gasteiger charge is 2.26. The Morgan fingerprint density at radius 3 is 2.58 bits per heavy atom. The Labute approximate surface area is 155 Å². The lowest BCUT2D eigenvalue weighted by Gasteiger charge is -2.22. The third-order valence-corrected chi connectivity index (χ3v) is 4.16. The molecule has 2 amide bonds. The number of aromatic nitrogens is 1. The number of carbonyl (C=O) groups is 3. The van der Waals surface area contributed by atoms with Crippen LogP contribution in [0.1, 0.15) is 41.6 Å². The summed E-state index contributed by atoms with van der Waals surface area (Å²) in [5, 5.41) is 7.22. The third-order valence-electron chi connectivity index (χ3n) is 3.22. The fourth-order valence-electron chi connectivity index (χ4n) is 2.06. The van der Waals surface area contributed by atoms with Crippen LogP contribution in [0.3, 0.4) is 0 Å². The van der Waals surface area contributed by atoms with E-state index in [1.807, 2.05) is 0 Å². The van der Waals surface area contributed by atoms with Gasteiger partial charge in [-0.2, -0.15) is 0 Å². The van der Waals surface area contributed by atoms with Gasteiger partial charge in [0.25, 0.3) is 5.91 Å². The van der Waals surface area contributed by atoms with Crippen LogP contribution in [0.4, 0.5) is 4.79 Å². The molecule has 2 heterocycles.